The molecule has 1 N–H and O–H groups in total. The summed E-state index contributed by atoms with van der Waals surface area (Å²) in [5, 5.41) is 3.85. The molecule has 0 atom stereocenters. The first-order valence-electron chi connectivity index (χ1n) is 9.40. The highest BCUT2D eigenvalue weighted by atomic mass is 16.5. The van der Waals surface area contributed by atoms with Crippen molar-refractivity contribution in [1.29, 1.82) is 0 Å². The fraction of sp³-hybridized carbons (Fsp3) is 0.125. The van der Waals surface area contributed by atoms with E-state index < -0.39 is 0 Å². The lowest BCUT2D eigenvalue weighted by molar-refractivity contribution is 0.0952. The summed E-state index contributed by atoms with van der Waals surface area (Å²) in [5.41, 5.74) is 5.12. The number of hydrogen-bond acceptors (Lipinski definition) is 4. The maximum absolute atomic E-state index is 13.0. The van der Waals surface area contributed by atoms with Crippen LogP contribution >= 0.6 is 0 Å². The first kappa shape index (κ1) is 18.8. The lowest BCUT2D eigenvalue weighted by Crippen LogP contribution is -2.23. The smallest absolute Gasteiger partial charge is 0.252 e. The van der Waals surface area contributed by atoms with E-state index in [1.54, 1.807) is 19.5 Å². The van der Waals surface area contributed by atoms with Gasteiger partial charge in [-0.15, -0.1) is 0 Å². The molecule has 0 saturated heterocycles. The Labute approximate surface area is 169 Å². The van der Waals surface area contributed by atoms with Gasteiger partial charge in [-0.3, -0.25) is 9.78 Å². The van der Waals surface area contributed by atoms with Crippen LogP contribution in [0, 0.1) is 0 Å². The normalized spacial score (nSPS) is 10.8. The lowest BCUT2D eigenvalue weighted by atomic mass is 10.0. The van der Waals surface area contributed by atoms with Crippen LogP contribution in [0.5, 0.6) is 0 Å². The quantitative estimate of drug-likeness (QED) is 0.537. The van der Waals surface area contributed by atoms with E-state index in [4.69, 9.17) is 9.72 Å². The Morgan fingerprint density at radius 3 is 2.55 bits per heavy atom. The van der Waals surface area contributed by atoms with Gasteiger partial charge < -0.3 is 10.1 Å². The van der Waals surface area contributed by atoms with Crippen molar-refractivity contribution >= 4 is 16.8 Å². The Kier molecular flexibility index (Phi) is 5.59. The molecule has 0 saturated carbocycles. The number of amides is 1. The van der Waals surface area contributed by atoms with Crippen LogP contribution in [0.3, 0.4) is 0 Å². The number of pyridine rings is 2. The molecule has 0 aliphatic heterocycles. The Morgan fingerprint density at radius 2 is 1.79 bits per heavy atom. The van der Waals surface area contributed by atoms with Crippen molar-refractivity contribution in [2.75, 3.05) is 7.11 Å². The highest BCUT2D eigenvalue weighted by Crippen LogP contribution is 2.24. The van der Waals surface area contributed by atoms with E-state index in [1.807, 2.05) is 66.7 Å². The van der Waals surface area contributed by atoms with Crippen LogP contribution < -0.4 is 5.32 Å². The molecule has 0 bridgehead atoms. The van der Waals surface area contributed by atoms with E-state index in [1.165, 1.54) is 0 Å². The number of hydrogen-bond donors (Lipinski definition) is 1. The molecule has 5 heteroatoms. The van der Waals surface area contributed by atoms with Crippen molar-refractivity contribution in [2.24, 2.45) is 0 Å². The SMILES string of the molecule is COCc1ccc(CNC(=O)c2cc(-c3cccnc3)nc3ccccc23)cc1. The van der Waals surface area contributed by atoms with E-state index in [-0.39, 0.29) is 5.91 Å². The maximum atomic E-state index is 13.0. The molecular weight excluding hydrogens is 362 g/mol. The van der Waals surface area contributed by atoms with Gasteiger partial charge in [-0.05, 0) is 35.4 Å². The molecule has 144 valence electrons. The van der Waals surface area contributed by atoms with Crippen LogP contribution in [0.25, 0.3) is 22.2 Å². The molecular formula is C24H21N3O2. The van der Waals surface area contributed by atoms with E-state index >= 15 is 0 Å². The highest BCUT2D eigenvalue weighted by Gasteiger charge is 2.14. The summed E-state index contributed by atoms with van der Waals surface area (Å²) in [4.78, 5) is 21.9. The number of carbonyl (C=O) groups excluding carboxylic acids is 1. The number of benzene rings is 2. The number of aromatic nitrogens is 2. The van der Waals surface area contributed by atoms with Crippen molar-refractivity contribution in [3.8, 4) is 11.3 Å². The van der Waals surface area contributed by atoms with Crippen LogP contribution in [0.15, 0.2) is 79.1 Å². The van der Waals surface area contributed by atoms with Gasteiger partial charge in [0.25, 0.3) is 5.91 Å². The van der Waals surface area contributed by atoms with Gasteiger partial charge in [-0.1, -0.05) is 42.5 Å². The summed E-state index contributed by atoms with van der Waals surface area (Å²) < 4.78 is 5.13. The van der Waals surface area contributed by atoms with Gasteiger partial charge in [0.05, 0.1) is 23.4 Å². The van der Waals surface area contributed by atoms with Gasteiger partial charge in [-0.2, -0.15) is 0 Å². The standard InChI is InChI=1S/C24H21N3O2/c1-29-16-18-10-8-17(9-11-18)14-26-24(28)21-13-23(19-5-4-12-25-15-19)27-22-7-3-2-6-20(21)22/h2-13,15H,14,16H2,1H3,(H,26,28). The number of nitrogens with one attached hydrogen (secondary N) is 1. The Bertz CT molecular complexity index is 1130. The van der Waals surface area contributed by atoms with Gasteiger partial charge >= 0.3 is 0 Å². The van der Waals surface area contributed by atoms with Crippen molar-refractivity contribution in [3.63, 3.8) is 0 Å². The van der Waals surface area contributed by atoms with Crippen molar-refractivity contribution in [3.05, 3.63) is 95.8 Å². The summed E-state index contributed by atoms with van der Waals surface area (Å²) in [6.07, 6.45) is 3.47. The Morgan fingerprint density at radius 1 is 1.00 bits per heavy atom. The average Bonchev–Trinajstić information content (AvgIpc) is 2.78. The zero-order chi connectivity index (χ0) is 20.1. The van der Waals surface area contributed by atoms with Gasteiger partial charge in [-0.25, -0.2) is 4.98 Å². The molecule has 2 aromatic carbocycles. The van der Waals surface area contributed by atoms with Crippen molar-refractivity contribution in [2.45, 2.75) is 13.2 Å². The van der Waals surface area contributed by atoms with Crippen LogP contribution in [0.2, 0.25) is 0 Å². The van der Waals surface area contributed by atoms with Gasteiger partial charge in [0.15, 0.2) is 0 Å². The molecule has 4 rings (SSSR count). The minimum Gasteiger partial charge on any atom is -0.380 e. The third-order valence-corrected chi connectivity index (χ3v) is 4.71. The molecule has 2 heterocycles. The number of rotatable bonds is 6. The largest absolute Gasteiger partial charge is 0.380 e. The maximum Gasteiger partial charge on any atom is 0.252 e. The molecule has 0 aliphatic carbocycles. The monoisotopic (exact) mass is 383 g/mol. The minimum atomic E-state index is -0.130. The molecule has 4 aromatic rings. The summed E-state index contributed by atoms with van der Waals surface area (Å²) >= 11 is 0. The predicted octanol–water partition coefficient (Wildman–Crippen LogP) is 4.37. The van der Waals surface area contributed by atoms with Crippen molar-refractivity contribution < 1.29 is 9.53 Å². The molecule has 29 heavy (non-hydrogen) atoms. The lowest BCUT2D eigenvalue weighted by Gasteiger charge is -2.11. The van der Waals surface area contributed by atoms with E-state index in [0.717, 1.165) is 33.3 Å². The number of nitrogens with zero attached hydrogens (tertiary/aromatic N) is 2. The second kappa shape index (κ2) is 8.63. The van der Waals surface area contributed by atoms with E-state index in [9.17, 15) is 4.79 Å². The highest BCUT2D eigenvalue weighted by molar-refractivity contribution is 6.07. The zero-order valence-corrected chi connectivity index (χ0v) is 16.1. The number of carbonyl (C=O) groups is 1. The number of ether oxygens (including phenoxy) is 1. The van der Waals surface area contributed by atoms with E-state index in [2.05, 4.69) is 10.3 Å². The van der Waals surface area contributed by atoms with Gasteiger partial charge in [0.1, 0.15) is 0 Å². The van der Waals surface area contributed by atoms with Crippen molar-refractivity contribution in [1.82, 2.24) is 15.3 Å². The fourth-order valence-electron chi connectivity index (χ4n) is 3.22. The minimum absolute atomic E-state index is 0.130. The molecule has 0 unspecified atom stereocenters. The van der Waals surface area contributed by atoms with Crippen LogP contribution in [0.1, 0.15) is 21.5 Å². The summed E-state index contributed by atoms with van der Waals surface area (Å²) in [5.74, 6) is -0.130. The molecule has 2 aromatic heterocycles. The Balaban J connectivity index is 1.61. The average molecular weight is 383 g/mol. The molecule has 5 nitrogen and oxygen atoms in total. The molecule has 0 spiro atoms. The van der Waals surface area contributed by atoms with Crippen LogP contribution in [-0.4, -0.2) is 23.0 Å². The predicted molar refractivity (Wildman–Crippen MR) is 113 cm³/mol. The molecule has 1 amide bonds. The summed E-state index contributed by atoms with van der Waals surface area (Å²) in [6.45, 7) is 1.03. The third kappa shape index (κ3) is 4.31. The van der Waals surface area contributed by atoms with E-state index in [0.29, 0.717) is 18.7 Å². The first-order valence-corrected chi connectivity index (χ1v) is 9.40. The number of para-hydroxylation sites is 1. The first-order chi connectivity index (χ1) is 14.2. The van der Waals surface area contributed by atoms with Gasteiger partial charge in [0, 0.05) is 37.0 Å². The topological polar surface area (TPSA) is 64.1 Å². The second-order valence-electron chi connectivity index (χ2n) is 6.75. The summed E-state index contributed by atoms with van der Waals surface area (Å²) in [6, 6.07) is 21.3. The second-order valence-corrected chi connectivity index (χ2v) is 6.75. The molecule has 0 radical (unpaired) electrons. The molecule has 0 aliphatic rings. The van der Waals surface area contributed by atoms with Crippen LogP contribution in [-0.2, 0) is 17.9 Å². The van der Waals surface area contributed by atoms with Gasteiger partial charge in [0.2, 0.25) is 0 Å². The molecule has 0 fully saturated rings. The Hall–Kier alpha value is -3.57. The zero-order valence-electron chi connectivity index (χ0n) is 16.1. The number of methoxy groups -OCH3 is 1. The number of fused-ring (bicyclic) bond motifs is 1. The van der Waals surface area contributed by atoms with Crippen LogP contribution in [0.4, 0.5) is 0 Å². The third-order valence-electron chi connectivity index (χ3n) is 4.71. The fourth-order valence-corrected chi connectivity index (χ4v) is 3.22. The summed E-state index contributed by atoms with van der Waals surface area (Å²) in [7, 11) is 1.67.